The summed E-state index contributed by atoms with van der Waals surface area (Å²) < 4.78 is 0. The summed E-state index contributed by atoms with van der Waals surface area (Å²) in [5.74, 6) is 0.334. The molecule has 5 heteroatoms. The molecule has 0 aromatic heterocycles. The van der Waals surface area contributed by atoms with Crippen LogP contribution in [0, 0.1) is 0 Å². The molecule has 0 aromatic rings. The molecule has 2 unspecified atom stereocenters. The van der Waals surface area contributed by atoms with Crippen molar-refractivity contribution < 1.29 is 14.7 Å². The van der Waals surface area contributed by atoms with Crippen molar-refractivity contribution >= 4 is 23.6 Å². The van der Waals surface area contributed by atoms with E-state index in [9.17, 15) is 9.59 Å². The van der Waals surface area contributed by atoms with Crippen molar-refractivity contribution in [1.29, 1.82) is 0 Å². The van der Waals surface area contributed by atoms with E-state index in [4.69, 9.17) is 5.11 Å². The van der Waals surface area contributed by atoms with Crippen LogP contribution >= 0.6 is 11.8 Å². The minimum Gasteiger partial charge on any atom is -0.480 e. The SMILES string of the molecule is O=C(O)C1CCCCN1C(=O)CC1CCCCS1. The van der Waals surface area contributed by atoms with Crippen LogP contribution in [0.1, 0.15) is 44.9 Å². The molecule has 2 aliphatic rings. The Labute approximate surface area is 112 Å². The third kappa shape index (κ3) is 3.40. The summed E-state index contributed by atoms with van der Waals surface area (Å²) in [5.41, 5.74) is 0. The number of piperidine rings is 1. The fourth-order valence-electron chi connectivity index (χ4n) is 2.77. The van der Waals surface area contributed by atoms with Crippen molar-refractivity contribution in [3.05, 3.63) is 0 Å². The molecule has 0 bridgehead atoms. The Morgan fingerprint density at radius 3 is 2.61 bits per heavy atom. The number of carbonyl (C=O) groups is 2. The molecule has 2 aliphatic heterocycles. The molecule has 2 fully saturated rings. The van der Waals surface area contributed by atoms with Gasteiger partial charge < -0.3 is 10.0 Å². The van der Waals surface area contributed by atoms with Crippen LogP contribution in [0.2, 0.25) is 0 Å². The maximum absolute atomic E-state index is 12.2. The van der Waals surface area contributed by atoms with Gasteiger partial charge in [0.1, 0.15) is 6.04 Å². The van der Waals surface area contributed by atoms with Crippen molar-refractivity contribution in [2.24, 2.45) is 0 Å². The molecule has 0 radical (unpaired) electrons. The van der Waals surface area contributed by atoms with Crippen molar-refractivity contribution in [2.75, 3.05) is 12.3 Å². The van der Waals surface area contributed by atoms with Crippen LogP contribution in [0.15, 0.2) is 0 Å². The van der Waals surface area contributed by atoms with E-state index in [-0.39, 0.29) is 5.91 Å². The summed E-state index contributed by atoms with van der Waals surface area (Å²) in [6, 6.07) is -0.583. The minimum atomic E-state index is -0.848. The fraction of sp³-hybridized carbons (Fsp3) is 0.846. The number of amides is 1. The van der Waals surface area contributed by atoms with Gasteiger partial charge in [0, 0.05) is 18.2 Å². The predicted molar refractivity (Wildman–Crippen MR) is 71.7 cm³/mol. The van der Waals surface area contributed by atoms with Gasteiger partial charge in [0.2, 0.25) is 5.91 Å². The first-order valence-electron chi connectivity index (χ1n) is 6.82. The molecule has 0 aliphatic carbocycles. The van der Waals surface area contributed by atoms with E-state index in [0.29, 0.717) is 24.6 Å². The van der Waals surface area contributed by atoms with Gasteiger partial charge in [-0.15, -0.1) is 0 Å². The molecule has 2 rings (SSSR count). The average Bonchev–Trinajstić information content (AvgIpc) is 2.40. The Kier molecular flexibility index (Phi) is 4.92. The zero-order chi connectivity index (χ0) is 13.0. The van der Waals surface area contributed by atoms with Gasteiger partial charge >= 0.3 is 5.97 Å². The van der Waals surface area contributed by atoms with Gasteiger partial charge in [0.15, 0.2) is 0 Å². The number of likely N-dealkylation sites (tertiary alicyclic amines) is 1. The number of nitrogens with zero attached hydrogens (tertiary/aromatic N) is 1. The molecule has 18 heavy (non-hydrogen) atoms. The molecule has 4 nitrogen and oxygen atoms in total. The summed E-state index contributed by atoms with van der Waals surface area (Å²) in [7, 11) is 0. The van der Waals surface area contributed by atoms with E-state index >= 15 is 0 Å². The topological polar surface area (TPSA) is 57.6 Å². The highest BCUT2D eigenvalue weighted by atomic mass is 32.2. The van der Waals surface area contributed by atoms with Crippen LogP contribution in [0.5, 0.6) is 0 Å². The first-order valence-corrected chi connectivity index (χ1v) is 7.87. The van der Waals surface area contributed by atoms with Gasteiger partial charge in [0.25, 0.3) is 0 Å². The molecule has 2 heterocycles. The van der Waals surface area contributed by atoms with Gasteiger partial charge in [-0.3, -0.25) is 4.79 Å². The number of carboxylic acids is 1. The van der Waals surface area contributed by atoms with Crippen molar-refractivity contribution in [1.82, 2.24) is 4.90 Å². The van der Waals surface area contributed by atoms with Gasteiger partial charge in [-0.25, -0.2) is 4.79 Å². The van der Waals surface area contributed by atoms with E-state index in [1.807, 2.05) is 11.8 Å². The Balaban J connectivity index is 1.91. The van der Waals surface area contributed by atoms with E-state index in [1.54, 1.807) is 4.90 Å². The monoisotopic (exact) mass is 271 g/mol. The van der Waals surface area contributed by atoms with Crippen LogP contribution in [-0.2, 0) is 9.59 Å². The number of hydrogen-bond acceptors (Lipinski definition) is 3. The van der Waals surface area contributed by atoms with Gasteiger partial charge in [-0.05, 0) is 37.9 Å². The predicted octanol–water partition coefficient (Wildman–Crippen LogP) is 2.13. The molecule has 1 amide bonds. The second-order valence-electron chi connectivity index (χ2n) is 5.13. The molecular weight excluding hydrogens is 250 g/mol. The highest BCUT2D eigenvalue weighted by Crippen LogP contribution is 2.29. The highest BCUT2D eigenvalue weighted by Gasteiger charge is 2.32. The van der Waals surface area contributed by atoms with Crippen LogP contribution in [0.25, 0.3) is 0 Å². The van der Waals surface area contributed by atoms with Gasteiger partial charge in [-0.2, -0.15) is 11.8 Å². The molecule has 0 saturated carbocycles. The minimum absolute atomic E-state index is 0.0431. The summed E-state index contributed by atoms with van der Waals surface area (Å²) >= 11 is 1.87. The van der Waals surface area contributed by atoms with Crippen LogP contribution < -0.4 is 0 Å². The van der Waals surface area contributed by atoms with Crippen molar-refractivity contribution in [2.45, 2.75) is 56.2 Å². The van der Waals surface area contributed by atoms with Gasteiger partial charge in [0.05, 0.1) is 0 Å². The lowest BCUT2D eigenvalue weighted by Crippen LogP contribution is -2.48. The third-order valence-electron chi connectivity index (χ3n) is 3.78. The zero-order valence-electron chi connectivity index (χ0n) is 10.6. The maximum atomic E-state index is 12.2. The maximum Gasteiger partial charge on any atom is 0.326 e. The number of thioether (sulfide) groups is 1. The number of aliphatic carboxylic acids is 1. The summed E-state index contributed by atoms with van der Waals surface area (Å²) in [5, 5.41) is 9.57. The van der Waals surface area contributed by atoms with Crippen LogP contribution in [0.4, 0.5) is 0 Å². The summed E-state index contributed by atoms with van der Waals surface area (Å²) in [6.45, 7) is 0.618. The molecular formula is C13H21NO3S. The van der Waals surface area contributed by atoms with E-state index in [1.165, 1.54) is 12.8 Å². The second-order valence-corrected chi connectivity index (χ2v) is 6.54. The molecule has 0 spiro atoms. The number of carbonyl (C=O) groups excluding carboxylic acids is 1. The Morgan fingerprint density at radius 2 is 1.94 bits per heavy atom. The quantitative estimate of drug-likeness (QED) is 0.854. The fourth-order valence-corrected chi connectivity index (χ4v) is 4.07. The number of hydrogen-bond donors (Lipinski definition) is 1. The normalized spacial score (nSPS) is 29.0. The lowest BCUT2D eigenvalue weighted by Gasteiger charge is -2.34. The highest BCUT2D eigenvalue weighted by molar-refractivity contribution is 7.99. The lowest BCUT2D eigenvalue weighted by molar-refractivity contribution is -0.152. The molecule has 2 saturated heterocycles. The molecule has 2 atom stereocenters. The Morgan fingerprint density at radius 1 is 1.17 bits per heavy atom. The Hall–Kier alpha value is -0.710. The lowest BCUT2D eigenvalue weighted by atomic mass is 10.0. The summed E-state index contributed by atoms with van der Waals surface area (Å²) in [4.78, 5) is 25.0. The van der Waals surface area contributed by atoms with Gasteiger partial charge in [-0.1, -0.05) is 6.42 Å². The van der Waals surface area contributed by atoms with E-state index < -0.39 is 12.0 Å². The molecule has 1 N–H and O–H groups in total. The Bertz CT molecular complexity index is 315. The van der Waals surface area contributed by atoms with Crippen LogP contribution in [-0.4, -0.2) is 45.5 Å². The van der Waals surface area contributed by atoms with Crippen LogP contribution in [0.3, 0.4) is 0 Å². The van der Waals surface area contributed by atoms with Crippen molar-refractivity contribution in [3.8, 4) is 0 Å². The van der Waals surface area contributed by atoms with E-state index in [0.717, 1.165) is 25.0 Å². The first kappa shape index (κ1) is 13.7. The first-order chi connectivity index (χ1) is 8.68. The number of carboxylic acid groups (broad SMARTS) is 1. The molecule has 0 aromatic carbocycles. The largest absolute Gasteiger partial charge is 0.480 e. The average molecular weight is 271 g/mol. The number of rotatable bonds is 3. The van der Waals surface area contributed by atoms with Crippen molar-refractivity contribution in [3.63, 3.8) is 0 Å². The third-order valence-corrected chi connectivity index (χ3v) is 5.18. The van der Waals surface area contributed by atoms with E-state index in [2.05, 4.69) is 0 Å². The smallest absolute Gasteiger partial charge is 0.326 e. The second kappa shape index (κ2) is 6.45. The standard InChI is InChI=1S/C13H21NO3S/c15-12(9-10-5-2-4-8-18-10)14-7-3-1-6-11(14)13(16)17/h10-11H,1-9H2,(H,16,17). The summed E-state index contributed by atoms with van der Waals surface area (Å²) in [6.07, 6.45) is 6.53. The zero-order valence-corrected chi connectivity index (χ0v) is 11.5. The molecule has 102 valence electrons.